The topological polar surface area (TPSA) is 50.2 Å². The van der Waals surface area contributed by atoms with E-state index in [9.17, 15) is 4.79 Å². The lowest BCUT2D eigenvalue weighted by Crippen LogP contribution is -2.38. The van der Waals surface area contributed by atoms with Crippen LogP contribution in [0.15, 0.2) is 66.9 Å². The zero-order valence-electron chi connectivity index (χ0n) is 16.6. The first-order valence-corrected chi connectivity index (χ1v) is 9.87. The molecule has 1 fully saturated rings. The predicted octanol–water partition coefficient (Wildman–Crippen LogP) is 3.92. The van der Waals surface area contributed by atoms with Gasteiger partial charge in [0.1, 0.15) is 0 Å². The van der Waals surface area contributed by atoms with Crippen LogP contribution in [-0.2, 0) is 11.3 Å². The fourth-order valence-electron chi connectivity index (χ4n) is 3.79. The number of halogens is 1. The van der Waals surface area contributed by atoms with E-state index in [-0.39, 0.29) is 24.2 Å². The number of amides is 1. The summed E-state index contributed by atoms with van der Waals surface area (Å²) in [5.74, 6) is 0.351. The van der Waals surface area contributed by atoms with Gasteiger partial charge in [0.25, 0.3) is 0 Å². The van der Waals surface area contributed by atoms with Crippen molar-refractivity contribution < 1.29 is 4.79 Å². The van der Waals surface area contributed by atoms with E-state index in [0.29, 0.717) is 6.54 Å². The van der Waals surface area contributed by atoms with Crippen molar-refractivity contribution in [3.8, 4) is 16.9 Å². The molecule has 1 aromatic heterocycles. The molecule has 6 heteroatoms. The maximum atomic E-state index is 12.9. The lowest BCUT2D eigenvalue weighted by atomic mass is 9.96. The van der Waals surface area contributed by atoms with Crippen LogP contribution >= 0.6 is 12.4 Å². The normalized spacial score (nSPS) is 14.2. The van der Waals surface area contributed by atoms with E-state index in [1.54, 1.807) is 0 Å². The first kappa shape index (κ1) is 21.1. The highest BCUT2D eigenvalue weighted by molar-refractivity contribution is 5.85. The molecule has 1 aliphatic heterocycles. The first-order chi connectivity index (χ1) is 13.7. The molecule has 1 saturated heterocycles. The molecule has 1 aliphatic rings. The Kier molecular flexibility index (Phi) is 7.07. The lowest BCUT2D eigenvalue weighted by Gasteiger charge is -2.26. The van der Waals surface area contributed by atoms with Gasteiger partial charge in [-0.15, -0.1) is 12.4 Å². The third kappa shape index (κ3) is 4.86. The first-order valence-electron chi connectivity index (χ1n) is 9.87. The van der Waals surface area contributed by atoms with Crippen LogP contribution < -0.4 is 5.32 Å². The summed E-state index contributed by atoms with van der Waals surface area (Å²) in [5, 5.41) is 8.17. The van der Waals surface area contributed by atoms with E-state index in [4.69, 9.17) is 5.10 Å². The monoisotopic (exact) mass is 410 g/mol. The minimum Gasteiger partial charge on any atom is -0.341 e. The summed E-state index contributed by atoms with van der Waals surface area (Å²) in [6.07, 6.45) is 3.87. The molecule has 4 rings (SSSR count). The van der Waals surface area contributed by atoms with Gasteiger partial charge in [0.05, 0.1) is 11.4 Å². The van der Waals surface area contributed by atoms with Gasteiger partial charge in [-0.3, -0.25) is 4.79 Å². The maximum Gasteiger partial charge on any atom is 0.225 e. The van der Waals surface area contributed by atoms with E-state index in [1.165, 1.54) is 0 Å². The van der Waals surface area contributed by atoms with Gasteiger partial charge in [-0.1, -0.05) is 48.5 Å². The number of hydrogen-bond donors (Lipinski definition) is 1. The van der Waals surface area contributed by atoms with E-state index in [0.717, 1.165) is 48.4 Å². The predicted molar refractivity (Wildman–Crippen MR) is 118 cm³/mol. The Morgan fingerprint density at radius 3 is 2.34 bits per heavy atom. The molecule has 2 aromatic carbocycles. The molecular weight excluding hydrogens is 384 g/mol. The molecule has 0 radical (unpaired) electrons. The van der Waals surface area contributed by atoms with Crippen LogP contribution in [0, 0.1) is 5.92 Å². The summed E-state index contributed by atoms with van der Waals surface area (Å²) in [6.45, 7) is 2.40. The van der Waals surface area contributed by atoms with Gasteiger partial charge in [-0.05, 0) is 38.1 Å². The van der Waals surface area contributed by atoms with Crippen molar-refractivity contribution in [2.75, 3.05) is 20.1 Å². The van der Waals surface area contributed by atoms with E-state index in [1.807, 2.05) is 71.4 Å². The molecular formula is C23H27ClN4O. The summed E-state index contributed by atoms with van der Waals surface area (Å²) >= 11 is 0. The van der Waals surface area contributed by atoms with Crippen molar-refractivity contribution in [2.24, 2.45) is 5.92 Å². The molecule has 0 atom stereocenters. The Morgan fingerprint density at radius 2 is 1.69 bits per heavy atom. The third-order valence-electron chi connectivity index (χ3n) is 5.33. The molecule has 3 aromatic rings. The van der Waals surface area contributed by atoms with Crippen LogP contribution in [0.1, 0.15) is 18.4 Å². The number of carbonyl (C=O) groups excluding carboxylic acids is 1. The number of nitrogens with zero attached hydrogens (tertiary/aromatic N) is 3. The number of rotatable bonds is 5. The summed E-state index contributed by atoms with van der Waals surface area (Å²) in [4.78, 5) is 14.8. The number of aromatic nitrogens is 2. The highest BCUT2D eigenvalue weighted by Gasteiger charge is 2.25. The van der Waals surface area contributed by atoms with E-state index >= 15 is 0 Å². The van der Waals surface area contributed by atoms with Gasteiger partial charge >= 0.3 is 0 Å². The molecule has 1 amide bonds. The van der Waals surface area contributed by atoms with Crippen LogP contribution in [0.4, 0.5) is 0 Å². The van der Waals surface area contributed by atoms with Crippen LogP contribution in [0.25, 0.3) is 16.9 Å². The average Bonchev–Trinajstić information content (AvgIpc) is 3.19. The number of piperidine rings is 1. The SMILES string of the molecule is CN(Cc1cn(-c2ccccc2)nc1-c1ccccc1)C(=O)C1CCNCC1.Cl. The molecule has 0 unspecified atom stereocenters. The van der Waals surface area contributed by atoms with Gasteiger partial charge in [-0.25, -0.2) is 4.68 Å². The fourth-order valence-corrected chi connectivity index (χ4v) is 3.79. The molecule has 0 bridgehead atoms. The van der Waals surface area contributed by atoms with E-state index in [2.05, 4.69) is 17.4 Å². The average molecular weight is 411 g/mol. The minimum absolute atomic E-state index is 0. The summed E-state index contributed by atoms with van der Waals surface area (Å²) < 4.78 is 1.90. The molecule has 152 valence electrons. The Balaban J connectivity index is 0.00000240. The molecule has 29 heavy (non-hydrogen) atoms. The zero-order chi connectivity index (χ0) is 19.3. The minimum atomic E-state index is 0. The second kappa shape index (κ2) is 9.72. The summed E-state index contributed by atoms with van der Waals surface area (Å²) in [7, 11) is 1.90. The smallest absolute Gasteiger partial charge is 0.225 e. The van der Waals surface area contributed by atoms with Gasteiger partial charge in [-0.2, -0.15) is 5.10 Å². The Hall–Kier alpha value is -2.63. The molecule has 5 nitrogen and oxygen atoms in total. The van der Waals surface area contributed by atoms with Crippen molar-refractivity contribution in [2.45, 2.75) is 19.4 Å². The van der Waals surface area contributed by atoms with Gasteiger partial charge in [0.15, 0.2) is 0 Å². The number of para-hydroxylation sites is 1. The van der Waals surface area contributed by atoms with Gasteiger partial charge in [0, 0.05) is 36.8 Å². The van der Waals surface area contributed by atoms with Crippen molar-refractivity contribution in [1.82, 2.24) is 20.0 Å². The third-order valence-corrected chi connectivity index (χ3v) is 5.33. The zero-order valence-corrected chi connectivity index (χ0v) is 17.4. The number of carbonyl (C=O) groups is 1. The number of hydrogen-bond acceptors (Lipinski definition) is 3. The quantitative estimate of drug-likeness (QED) is 0.693. The summed E-state index contributed by atoms with van der Waals surface area (Å²) in [6, 6.07) is 20.3. The van der Waals surface area contributed by atoms with E-state index < -0.39 is 0 Å². The Bertz CT molecular complexity index is 921. The number of benzene rings is 2. The van der Waals surface area contributed by atoms with Crippen LogP contribution in [0.2, 0.25) is 0 Å². The van der Waals surface area contributed by atoms with Crippen LogP contribution in [0.5, 0.6) is 0 Å². The molecule has 0 aliphatic carbocycles. The van der Waals surface area contributed by atoms with Crippen molar-refractivity contribution in [3.05, 3.63) is 72.4 Å². The standard InChI is InChI=1S/C23H26N4O.ClH/c1-26(23(28)19-12-14-24-15-13-19)16-20-17-27(21-10-6-3-7-11-21)25-22(20)18-8-4-2-5-9-18;/h2-11,17,19,24H,12-16H2,1H3;1H. The van der Waals surface area contributed by atoms with Crippen molar-refractivity contribution in [3.63, 3.8) is 0 Å². The highest BCUT2D eigenvalue weighted by atomic mass is 35.5. The Morgan fingerprint density at radius 1 is 1.07 bits per heavy atom. The Labute approximate surface area is 178 Å². The molecule has 0 spiro atoms. The summed E-state index contributed by atoms with van der Waals surface area (Å²) in [5.41, 5.74) is 4.06. The van der Waals surface area contributed by atoms with Gasteiger partial charge < -0.3 is 10.2 Å². The second-order valence-corrected chi connectivity index (χ2v) is 7.37. The molecule has 2 heterocycles. The molecule has 0 saturated carbocycles. The van der Waals surface area contributed by atoms with Crippen LogP contribution in [-0.4, -0.2) is 40.7 Å². The fraction of sp³-hybridized carbons (Fsp3) is 0.304. The molecule has 1 N–H and O–H groups in total. The van der Waals surface area contributed by atoms with Crippen molar-refractivity contribution >= 4 is 18.3 Å². The second-order valence-electron chi connectivity index (χ2n) is 7.37. The highest BCUT2D eigenvalue weighted by Crippen LogP contribution is 2.25. The van der Waals surface area contributed by atoms with Gasteiger partial charge in [0.2, 0.25) is 5.91 Å². The number of nitrogens with one attached hydrogen (secondary N) is 1. The lowest BCUT2D eigenvalue weighted by molar-refractivity contribution is -0.135. The largest absolute Gasteiger partial charge is 0.341 e. The van der Waals surface area contributed by atoms with Crippen molar-refractivity contribution in [1.29, 1.82) is 0 Å². The maximum absolute atomic E-state index is 12.9. The van der Waals surface area contributed by atoms with Crippen LogP contribution in [0.3, 0.4) is 0 Å².